The lowest BCUT2D eigenvalue weighted by Gasteiger charge is -2.29. The SMILES string of the molecule is Cn1nccc1C1(C2CC2)CCCN1. The number of nitrogens with one attached hydrogen (secondary N) is 1. The molecule has 1 unspecified atom stereocenters. The van der Waals surface area contributed by atoms with E-state index in [1.165, 1.54) is 37.9 Å². The van der Waals surface area contributed by atoms with Crippen LogP contribution in [0.1, 0.15) is 31.4 Å². The van der Waals surface area contributed by atoms with E-state index in [1.54, 1.807) is 0 Å². The molecule has 0 aromatic carbocycles. The fourth-order valence-electron chi connectivity index (χ4n) is 2.93. The highest BCUT2D eigenvalue weighted by molar-refractivity contribution is 5.21. The van der Waals surface area contributed by atoms with Gasteiger partial charge >= 0.3 is 0 Å². The van der Waals surface area contributed by atoms with Crippen LogP contribution in [-0.4, -0.2) is 16.3 Å². The lowest BCUT2D eigenvalue weighted by molar-refractivity contribution is 0.313. The zero-order chi connectivity index (χ0) is 9.60. The Morgan fingerprint density at radius 3 is 2.93 bits per heavy atom. The Balaban J connectivity index is 2.03. The minimum atomic E-state index is 0.269. The van der Waals surface area contributed by atoms with Gasteiger partial charge in [-0.3, -0.25) is 4.68 Å². The lowest BCUT2D eigenvalue weighted by atomic mass is 9.87. The van der Waals surface area contributed by atoms with Crippen molar-refractivity contribution in [2.24, 2.45) is 13.0 Å². The van der Waals surface area contributed by atoms with Gasteiger partial charge < -0.3 is 5.32 Å². The third-order valence-corrected chi connectivity index (χ3v) is 3.74. The first-order valence-electron chi connectivity index (χ1n) is 5.56. The first-order valence-corrected chi connectivity index (χ1v) is 5.56. The Hall–Kier alpha value is -0.830. The van der Waals surface area contributed by atoms with Gasteiger partial charge in [0, 0.05) is 13.2 Å². The highest BCUT2D eigenvalue weighted by atomic mass is 15.3. The largest absolute Gasteiger partial charge is 0.306 e. The van der Waals surface area contributed by atoms with Crippen LogP contribution in [0.3, 0.4) is 0 Å². The molecule has 0 spiro atoms. The number of hydrogen-bond donors (Lipinski definition) is 1. The van der Waals surface area contributed by atoms with Crippen molar-refractivity contribution in [3.05, 3.63) is 18.0 Å². The first-order chi connectivity index (χ1) is 6.83. The molecule has 0 amide bonds. The summed E-state index contributed by atoms with van der Waals surface area (Å²) in [7, 11) is 2.06. The van der Waals surface area contributed by atoms with Crippen LogP contribution >= 0.6 is 0 Å². The first kappa shape index (κ1) is 8.48. The fraction of sp³-hybridized carbons (Fsp3) is 0.727. The molecule has 1 saturated carbocycles. The standard InChI is InChI=1S/C11H17N3/c1-14-10(5-8-13-14)11(9-3-4-9)6-2-7-12-11/h5,8-9,12H,2-4,6-7H2,1H3. The Morgan fingerprint density at radius 1 is 1.57 bits per heavy atom. The molecule has 0 bridgehead atoms. The number of hydrogen-bond acceptors (Lipinski definition) is 2. The zero-order valence-electron chi connectivity index (χ0n) is 8.66. The van der Waals surface area contributed by atoms with E-state index in [0.717, 1.165) is 5.92 Å². The average molecular weight is 191 g/mol. The van der Waals surface area contributed by atoms with Gasteiger partial charge in [0.2, 0.25) is 0 Å². The van der Waals surface area contributed by atoms with Crippen LogP contribution in [-0.2, 0) is 12.6 Å². The van der Waals surface area contributed by atoms with Gasteiger partial charge in [-0.1, -0.05) is 0 Å². The molecule has 3 nitrogen and oxygen atoms in total. The summed E-state index contributed by atoms with van der Waals surface area (Å²) < 4.78 is 2.04. The van der Waals surface area contributed by atoms with Crippen molar-refractivity contribution in [2.75, 3.05) is 6.54 Å². The van der Waals surface area contributed by atoms with Crippen LogP contribution in [0.5, 0.6) is 0 Å². The Kier molecular flexibility index (Phi) is 1.71. The molecule has 2 fully saturated rings. The van der Waals surface area contributed by atoms with Crippen molar-refractivity contribution in [1.29, 1.82) is 0 Å². The lowest BCUT2D eigenvalue weighted by Crippen LogP contribution is -2.40. The van der Waals surface area contributed by atoms with Crippen LogP contribution in [0.2, 0.25) is 0 Å². The molecule has 3 rings (SSSR count). The number of aromatic nitrogens is 2. The summed E-state index contributed by atoms with van der Waals surface area (Å²) in [5.74, 6) is 0.861. The highest BCUT2D eigenvalue weighted by Crippen LogP contribution is 2.49. The van der Waals surface area contributed by atoms with Crippen molar-refractivity contribution in [3.8, 4) is 0 Å². The molecular formula is C11H17N3. The van der Waals surface area contributed by atoms with Gasteiger partial charge in [0.15, 0.2) is 0 Å². The molecule has 1 atom stereocenters. The molecule has 1 aromatic heterocycles. The summed E-state index contributed by atoms with van der Waals surface area (Å²) in [6.07, 6.45) is 7.29. The third kappa shape index (κ3) is 1.05. The molecule has 14 heavy (non-hydrogen) atoms. The molecule has 1 N–H and O–H groups in total. The van der Waals surface area contributed by atoms with E-state index in [4.69, 9.17) is 0 Å². The average Bonchev–Trinajstić information content (AvgIpc) is 2.77. The predicted octanol–water partition coefficient (Wildman–Crippen LogP) is 1.41. The maximum atomic E-state index is 4.29. The molecular weight excluding hydrogens is 174 g/mol. The van der Waals surface area contributed by atoms with Crippen LogP contribution in [0, 0.1) is 5.92 Å². The summed E-state index contributed by atoms with van der Waals surface area (Å²) in [5, 5.41) is 8.01. The van der Waals surface area contributed by atoms with E-state index in [9.17, 15) is 0 Å². The molecule has 2 heterocycles. The van der Waals surface area contributed by atoms with Crippen molar-refractivity contribution in [2.45, 2.75) is 31.2 Å². The van der Waals surface area contributed by atoms with Crippen molar-refractivity contribution in [1.82, 2.24) is 15.1 Å². The Bertz CT molecular complexity index is 332. The van der Waals surface area contributed by atoms with Gasteiger partial charge in [0.25, 0.3) is 0 Å². The zero-order valence-corrected chi connectivity index (χ0v) is 8.66. The van der Waals surface area contributed by atoms with Crippen LogP contribution in [0.25, 0.3) is 0 Å². The fourth-order valence-corrected chi connectivity index (χ4v) is 2.93. The van der Waals surface area contributed by atoms with Gasteiger partial charge in [0.1, 0.15) is 0 Å². The van der Waals surface area contributed by atoms with Crippen molar-refractivity contribution < 1.29 is 0 Å². The summed E-state index contributed by atoms with van der Waals surface area (Å²) in [5.41, 5.74) is 1.66. The van der Waals surface area contributed by atoms with Gasteiger partial charge in [0.05, 0.1) is 11.2 Å². The molecule has 3 heteroatoms. The molecule has 1 saturated heterocycles. The van der Waals surface area contributed by atoms with Gasteiger partial charge in [-0.2, -0.15) is 5.10 Å². The summed E-state index contributed by atoms with van der Waals surface area (Å²) in [6.45, 7) is 1.17. The second kappa shape index (κ2) is 2.83. The van der Waals surface area contributed by atoms with Gasteiger partial charge in [-0.05, 0) is 44.2 Å². The molecule has 1 aliphatic heterocycles. The Morgan fingerprint density at radius 2 is 2.43 bits per heavy atom. The molecule has 76 valence electrons. The molecule has 1 aliphatic carbocycles. The monoisotopic (exact) mass is 191 g/mol. The smallest absolute Gasteiger partial charge is 0.0634 e. The maximum absolute atomic E-state index is 4.29. The number of rotatable bonds is 2. The molecule has 0 radical (unpaired) electrons. The molecule has 2 aliphatic rings. The van der Waals surface area contributed by atoms with E-state index in [1.807, 2.05) is 10.9 Å². The van der Waals surface area contributed by atoms with Gasteiger partial charge in [-0.25, -0.2) is 0 Å². The van der Waals surface area contributed by atoms with Crippen LogP contribution in [0.4, 0.5) is 0 Å². The highest BCUT2D eigenvalue weighted by Gasteiger charge is 2.49. The van der Waals surface area contributed by atoms with Crippen LogP contribution < -0.4 is 5.32 Å². The minimum Gasteiger partial charge on any atom is -0.306 e. The second-order valence-corrected chi connectivity index (χ2v) is 4.62. The predicted molar refractivity (Wildman–Crippen MR) is 54.8 cm³/mol. The Labute approximate surface area is 84.5 Å². The van der Waals surface area contributed by atoms with E-state index < -0.39 is 0 Å². The summed E-state index contributed by atoms with van der Waals surface area (Å²) in [6, 6.07) is 2.18. The number of nitrogens with zero attached hydrogens (tertiary/aromatic N) is 2. The van der Waals surface area contributed by atoms with E-state index in [-0.39, 0.29) is 5.54 Å². The quantitative estimate of drug-likeness (QED) is 0.766. The number of aryl methyl sites for hydroxylation is 1. The topological polar surface area (TPSA) is 29.9 Å². The van der Waals surface area contributed by atoms with Gasteiger partial charge in [-0.15, -0.1) is 0 Å². The summed E-state index contributed by atoms with van der Waals surface area (Å²) in [4.78, 5) is 0. The van der Waals surface area contributed by atoms with E-state index in [2.05, 4.69) is 23.5 Å². The van der Waals surface area contributed by atoms with E-state index in [0.29, 0.717) is 0 Å². The van der Waals surface area contributed by atoms with Crippen molar-refractivity contribution >= 4 is 0 Å². The van der Waals surface area contributed by atoms with Crippen LogP contribution in [0.15, 0.2) is 12.3 Å². The normalized spacial score (nSPS) is 32.4. The maximum Gasteiger partial charge on any atom is 0.0634 e. The van der Waals surface area contributed by atoms with Crippen molar-refractivity contribution in [3.63, 3.8) is 0 Å². The third-order valence-electron chi connectivity index (χ3n) is 3.74. The summed E-state index contributed by atoms with van der Waals surface area (Å²) >= 11 is 0. The molecule has 1 aromatic rings. The van der Waals surface area contributed by atoms with E-state index >= 15 is 0 Å². The second-order valence-electron chi connectivity index (χ2n) is 4.62. The minimum absolute atomic E-state index is 0.269.